The molecule has 3 rings (SSSR count). The molecule has 1 saturated carbocycles. The number of anilines is 2. The lowest BCUT2D eigenvalue weighted by atomic mass is 10.1. The van der Waals surface area contributed by atoms with Crippen LogP contribution in [0.5, 0.6) is 0 Å². The third-order valence-electron chi connectivity index (χ3n) is 4.83. The monoisotopic (exact) mass is 372 g/mol. The van der Waals surface area contributed by atoms with E-state index in [-0.39, 0.29) is 11.0 Å². The van der Waals surface area contributed by atoms with Crippen LogP contribution in [0.1, 0.15) is 44.1 Å². The normalized spacial score (nSPS) is 21.8. The Bertz CT molecular complexity index is 812. The maximum atomic E-state index is 12.5. The van der Waals surface area contributed by atoms with Gasteiger partial charge in [-0.25, -0.2) is 16.8 Å². The van der Waals surface area contributed by atoms with Gasteiger partial charge in [-0.3, -0.25) is 9.03 Å². The molecule has 0 bridgehead atoms. The molecular formula is C16H24N2O4S2. The molecule has 24 heavy (non-hydrogen) atoms. The molecule has 1 aromatic carbocycles. The molecule has 1 aromatic rings. The van der Waals surface area contributed by atoms with Crippen LogP contribution in [0.3, 0.4) is 0 Å². The molecule has 0 aromatic heterocycles. The Labute approximate surface area is 144 Å². The summed E-state index contributed by atoms with van der Waals surface area (Å²) in [6, 6.07) is 5.11. The molecule has 6 nitrogen and oxygen atoms in total. The van der Waals surface area contributed by atoms with E-state index in [4.69, 9.17) is 0 Å². The second kappa shape index (κ2) is 6.55. The molecule has 2 fully saturated rings. The molecule has 8 heteroatoms. The first kappa shape index (κ1) is 17.5. The Morgan fingerprint density at radius 3 is 2.50 bits per heavy atom. The molecule has 2 aliphatic rings. The van der Waals surface area contributed by atoms with E-state index in [1.165, 1.54) is 4.31 Å². The van der Waals surface area contributed by atoms with Crippen molar-refractivity contribution in [2.45, 2.75) is 50.7 Å². The van der Waals surface area contributed by atoms with Crippen molar-refractivity contribution in [2.24, 2.45) is 0 Å². The average molecular weight is 373 g/mol. The van der Waals surface area contributed by atoms with E-state index in [0.717, 1.165) is 24.8 Å². The number of hydrogen-bond donors (Lipinski definition) is 1. The van der Waals surface area contributed by atoms with Gasteiger partial charge in [-0.05, 0) is 50.3 Å². The molecule has 1 aliphatic heterocycles. The highest BCUT2D eigenvalue weighted by Crippen LogP contribution is 2.31. The molecule has 0 spiro atoms. The Hall–Kier alpha value is -1.28. The lowest BCUT2D eigenvalue weighted by molar-refractivity contribution is 0.574. The van der Waals surface area contributed by atoms with Crippen LogP contribution in [0.25, 0.3) is 0 Å². The summed E-state index contributed by atoms with van der Waals surface area (Å²) in [4.78, 5) is 0. The standard InChI is InChI=1S/C16H24N2O4S2/c1-13-8-9-14(17-24(21,22)15-6-2-3-7-15)12-16(13)18-10-4-5-11-23(18,19)20/h8-9,12,15,17H,2-7,10-11H2,1H3. The van der Waals surface area contributed by atoms with Gasteiger partial charge in [0, 0.05) is 6.54 Å². The van der Waals surface area contributed by atoms with Crippen LogP contribution in [-0.4, -0.2) is 34.4 Å². The zero-order chi connectivity index (χ0) is 17.4. The number of hydrogen-bond acceptors (Lipinski definition) is 4. The van der Waals surface area contributed by atoms with E-state index in [1.54, 1.807) is 18.2 Å². The van der Waals surface area contributed by atoms with E-state index >= 15 is 0 Å². The topological polar surface area (TPSA) is 83.6 Å². The summed E-state index contributed by atoms with van der Waals surface area (Å²) in [5.74, 6) is 0.143. The van der Waals surface area contributed by atoms with Crippen molar-refractivity contribution in [1.82, 2.24) is 0 Å². The van der Waals surface area contributed by atoms with Gasteiger partial charge in [0.05, 0.1) is 22.4 Å². The minimum Gasteiger partial charge on any atom is -0.283 e. The highest BCUT2D eigenvalue weighted by molar-refractivity contribution is 7.93. The zero-order valence-electron chi connectivity index (χ0n) is 13.9. The van der Waals surface area contributed by atoms with Crippen LogP contribution < -0.4 is 9.03 Å². The van der Waals surface area contributed by atoms with Crippen LogP contribution in [0.4, 0.5) is 11.4 Å². The van der Waals surface area contributed by atoms with Gasteiger partial charge in [-0.15, -0.1) is 0 Å². The van der Waals surface area contributed by atoms with E-state index in [0.29, 0.717) is 37.2 Å². The van der Waals surface area contributed by atoms with Crippen LogP contribution in [0.2, 0.25) is 0 Å². The van der Waals surface area contributed by atoms with Crippen molar-refractivity contribution in [1.29, 1.82) is 0 Å². The Balaban J connectivity index is 1.89. The van der Waals surface area contributed by atoms with E-state index in [9.17, 15) is 16.8 Å². The number of nitrogens with one attached hydrogen (secondary N) is 1. The minimum absolute atomic E-state index is 0.143. The third kappa shape index (κ3) is 3.54. The van der Waals surface area contributed by atoms with Gasteiger partial charge in [0.2, 0.25) is 20.0 Å². The predicted molar refractivity (Wildman–Crippen MR) is 96.3 cm³/mol. The third-order valence-corrected chi connectivity index (χ3v) is 8.55. The van der Waals surface area contributed by atoms with Gasteiger partial charge in [0.1, 0.15) is 0 Å². The molecule has 1 heterocycles. The summed E-state index contributed by atoms with van der Waals surface area (Å²) in [5, 5.41) is -0.346. The minimum atomic E-state index is -3.42. The average Bonchev–Trinajstić information content (AvgIpc) is 3.04. The molecule has 0 amide bonds. The first-order valence-electron chi connectivity index (χ1n) is 8.42. The Morgan fingerprint density at radius 2 is 1.83 bits per heavy atom. The van der Waals surface area contributed by atoms with Crippen molar-refractivity contribution in [3.8, 4) is 0 Å². The van der Waals surface area contributed by atoms with Crippen molar-refractivity contribution in [3.05, 3.63) is 23.8 Å². The van der Waals surface area contributed by atoms with Gasteiger partial charge in [0.15, 0.2) is 0 Å². The first-order chi connectivity index (χ1) is 11.3. The lowest BCUT2D eigenvalue weighted by Crippen LogP contribution is -2.38. The smallest absolute Gasteiger partial charge is 0.235 e. The first-order valence-corrected chi connectivity index (χ1v) is 11.6. The van der Waals surface area contributed by atoms with Crippen molar-refractivity contribution in [2.75, 3.05) is 21.3 Å². The summed E-state index contributed by atoms with van der Waals surface area (Å²) in [5.41, 5.74) is 1.83. The summed E-state index contributed by atoms with van der Waals surface area (Å²) < 4.78 is 53.6. The molecule has 0 atom stereocenters. The summed E-state index contributed by atoms with van der Waals surface area (Å²) in [6.07, 6.45) is 4.75. The number of nitrogens with zero attached hydrogens (tertiary/aromatic N) is 1. The van der Waals surface area contributed by atoms with Gasteiger partial charge >= 0.3 is 0 Å². The number of sulfonamides is 2. The number of aryl methyl sites for hydroxylation is 1. The highest BCUT2D eigenvalue weighted by atomic mass is 32.2. The van der Waals surface area contributed by atoms with Gasteiger partial charge in [-0.1, -0.05) is 18.9 Å². The van der Waals surface area contributed by atoms with Crippen molar-refractivity contribution in [3.63, 3.8) is 0 Å². The molecule has 0 radical (unpaired) electrons. The maximum absolute atomic E-state index is 12.5. The largest absolute Gasteiger partial charge is 0.283 e. The molecule has 1 N–H and O–H groups in total. The van der Waals surface area contributed by atoms with E-state index < -0.39 is 20.0 Å². The molecule has 1 aliphatic carbocycles. The predicted octanol–water partition coefficient (Wildman–Crippen LogP) is 2.61. The van der Waals surface area contributed by atoms with E-state index in [2.05, 4.69) is 4.72 Å². The fourth-order valence-electron chi connectivity index (χ4n) is 3.45. The summed E-state index contributed by atoms with van der Waals surface area (Å²) in [6.45, 7) is 2.29. The fraction of sp³-hybridized carbons (Fsp3) is 0.625. The lowest BCUT2D eigenvalue weighted by Gasteiger charge is -2.30. The van der Waals surface area contributed by atoms with Gasteiger partial charge < -0.3 is 0 Å². The molecule has 0 unspecified atom stereocenters. The molecule has 1 saturated heterocycles. The van der Waals surface area contributed by atoms with Gasteiger partial charge in [0.25, 0.3) is 0 Å². The van der Waals surface area contributed by atoms with Crippen molar-refractivity contribution >= 4 is 31.4 Å². The van der Waals surface area contributed by atoms with Crippen molar-refractivity contribution < 1.29 is 16.8 Å². The quantitative estimate of drug-likeness (QED) is 0.880. The van der Waals surface area contributed by atoms with Crippen LogP contribution in [-0.2, 0) is 20.0 Å². The second-order valence-electron chi connectivity index (χ2n) is 6.65. The van der Waals surface area contributed by atoms with Gasteiger partial charge in [-0.2, -0.15) is 0 Å². The number of rotatable bonds is 4. The summed E-state index contributed by atoms with van der Waals surface area (Å²) >= 11 is 0. The molecular weight excluding hydrogens is 348 g/mol. The van der Waals surface area contributed by atoms with Crippen LogP contribution in [0, 0.1) is 6.92 Å². The second-order valence-corrected chi connectivity index (χ2v) is 10.6. The van der Waals surface area contributed by atoms with E-state index in [1.807, 2.05) is 6.92 Å². The zero-order valence-corrected chi connectivity index (χ0v) is 15.5. The summed E-state index contributed by atoms with van der Waals surface area (Å²) in [7, 11) is -6.74. The highest BCUT2D eigenvalue weighted by Gasteiger charge is 2.30. The fourth-order valence-corrected chi connectivity index (χ4v) is 6.72. The Kier molecular flexibility index (Phi) is 4.79. The number of benzene rings is 1. The molecule has 134 valence electrons. The maximum Gasteiger partial charge on any atom is 0.235 e. The van der Waals surface area contributed by atoms with Crippen LogP contribution in [0.15, 0.2) is 18.2 Å². The van der Waals surface area contributed by atoms with Crippen LogP contribution >= 0.6 is 0 Å². The SMILES string of the molecule is Cc1ccc(NS(=O)(=O)C2CCCC2)cc1N1CCCCS1(=O)=O. The Morgan fingerprint density at radius 1 is 1.12 bits per heavy atom.